The lowest BCUT2D eigenvalue weighted by Crippen LogP contribution is -2.31. The number of benzene rings is 2. The van der Waals surface area contributed by atoms with Crippen LogP contribution in [0.25, 0.3) is 11.4 Å². The Morgan fingerprint density at radius 2 is 1.64 bits per heavy atom. The van der Waals surface area contributed by atoms with E-state index >= 15 is 0 Å². The molecule has 1 heterocycles. The zero-order valence-corrected chi connectivity index (χ0v) is 16.6. The van der Waals surface area contributed by atoms with E-state index in [9.17, 15) is 4.79 Å². The molecule has 0 saturated heterocycles. The summed E-state index contributed by atoms with van der Waals surface area (Å²) in [6.07, 6.45) is 0. The van der Waals surface area contributed by atoms with Crippen molar-refractivity contribution >= 4 is 11.7 Å². The first-order valence-corrected chi connectivity index (χ1v) is 9.64. The molecule has 0 unspecified atom stereocenters. The smallest absolute Gasteiger partial charge is 0.272 e. The van der Waals surface area contributed by atoms with E-state index in [4.69, 9.17) is 0 Å². The third-order valence-electron chi connectivity index (χ3n) is 4.75. The Labute approximate surface area is 166 Å². The van der Waals surface area contributed by atoms with Gasteiger partial charge >= 0.3 is 0 Å². The van der Waals surface area contributed by atoms with Crippen molar-refractivity contribution in [1.29, 1.82) is 0 Å². The number of nitrogens with one attached hydrogen (secondary N) is 1. The number of carbonyl (C=O) groups is 1. The lowest BCUT2D eigenvalue weighted by molar-refractivity contribution is 0.0767. The van der Waals surface area contributed by atoms with Gasteiger partial charge in [-0.05, 0) is 31.9 Å². The third-order valence-corrected chi connectivity index (χ3v) is 4.75. The molecule has 0 atom stereocenters. The van der Waals surface area contributed by atoms with Gasteiger partial charge in [-0.2, -0.15) is 0 Å². The topological polar surface area (TPSA) is 58.1 Å². The first-order chi connectivity index (χ1) is 13.6. The van der Waals surface area contributed by atoms with E-state index in [2.05, 4.69) is 34.3 Å². The molecule has 0 saturated carbocycles. The van der Waals surface area contributed by atoms with Crippen LogP contribution in [0, 0.1) is 6.92 Å². The molecule has 1 amide bonds. The molecule has 0 aliphatic rings. The Balaban J connectivity index is 1.95. The van der Waals surface area contributed by atoms with Crippen molar-refractivity contribution in [2.24, 2.45) is 0 Å². The number of hydrogen-bond acceptors (Lipinski definition) is 4. The predicted molar refractivity (Wildman–Crippen MR) is 113 cm³/mol. The number of carbonyl (C=O) groups excluding carboxylic acids is 1. The highest BCUT2D eigenvalue weighted by Crippen LogP contribution is 2.19. The molecule has 0 aliphatic carbocycles. The van der Waals surface area contributed by atoms with Crippen molar-refractivity contribution in [2.75, 3.05) is 18.4 Å². The molecular formula is C23H26N4O. The molecule has 0 spiro atoms. The van der Waals surface area contributed by atoms with Gasteiger partial charge in [-0.1, -0.05) is 54.6 Å². The van der Waals surface area contributed by atoms with Crippen molar-refractivity contribution < 1.29 is 4.79 Å². The fourth-order valence-corrected chi connectivity index (χ4v) is 3.03. The third kappa shape index (κ3) is 4.55. The van der Waals surface area contributed by atoms with Crippen molar-refractivity contribution in [3.8, 4) is 11.4 Å². The van der Waals surface area contributed by atoms with Crippen LogP contribution in [-0.2, 0) is 6.54 Å². The van der Waals surface area contributed by atoms with Crippen LogP contribution >= 0.6 is 0 Å². The first kappa shape index (κ1) is 19.5. The summed E-state index contributed by atoms with van der Waals surface area (Å²) in [4.78, 5) is 23.8. The largest absolute Gasteiger partial charge is 0.366 e. The fraction of sp³-hybridized carbons (Fsp3) is 0.261. The molecule has 28 heavy (non-hydrogen) atoms. The van der Waals surface area contributed by atoms with Crippen LogP contribution in [0.1, 0.15) is 35.5 Å². The van der Waals surface area contributed by atoms with E-state index in [1.807, 2.05) is 56.3 Å². The maximum atomic E-state index is 12.9. The van der Waals surface area contributed by atoms with E-state index in [-0.39, 0.29) is 5.91 Å². The van der Waals surface area contributed by atoms with E-state index in [1.165, 1.54) is 11.1 Å². The number of hydrogen-bond donors (Lipinski definition) is 1. The van der Waals surface area contributed by atoms with Crippen LogP contribution in [0.4, 0.5) is 5.82 Å². The zero-order valence-electron chi connectivity index (χ0n) is 16.6. The molecule has 1 N–H and O–H groups in total. The van der Waals surface area contributed by atoms with Gasteiger partial charge in [0.05, 0.1) is 0 Å². The van der Waals surface area contributed by atoms with Crippen LogP contribution in [-0.4, -0.2) is 33.9 Å². The van der Waals surface area contributed by atoms with E-state index in [0.29, 0.717) is 37.0 Å². The van der Waals surface area contributed by atoms with Gasteiger partial charge in [0, 0.05) is 31.3 Å². The Hall–Kier alpha value is -3.21. The molecule has 2 aromatic carbocycles. The number of nitrogens with zero attached hydrogens (tertiary/aromatic N) is 3. The first-order valence-electron chi connectivity index (χ1n) is 9.64. The second-order valence-electron chi connectivity index (χ2n) is 6.59. The van der Waals surface area contributed by atoms with Crippen molar-refractivity contribution in [3.63, 3.8) is 0 Å². The summed E-state index contributed by atoms with van der Waals surface area (Å²) in [6, 6.07) is 19.7. The van der Waals surface area contributed by atoms with Gasteiger partial charge in [-0.3, -0.25) is 4.79 Å². The monoisotopic (exact) mass is 374 g/mol. The molecule has 3 rings (SSSR count). The van der Waals surface area contributed by atoms with Crippen LogP contribution < -0.4 is 5.32 Å². The number of rotatable bonds is 7. The molecular weight excluding hydrogens is 348 g/mol. The lowest BCUT2D eigenvalue weighted by atomic mass is 10.1. The molecule has 0 radical (unpaired) electrons. The maximum Gasteiger partial charge on any atom is 0.272 e. The average Bonchev–Trinajstić information content (AvgIpc) is 2.74. The summed E-state index contributed by atoms with van der Waals surface area (Å²) in [5.74, 6) is 1.11. The van der Waals surface area contributed by atoms with E-state index < -0.39 is 0 Å². The second-order valence-corrected chi connectivity index (χ2v) is 6.59. The molecule has 3 aromatic rings. The summed E-state index contributed by atoms with van der Waals surface area (Å²) >= 11 is 0. The normalized spacial score (nSPS) is 10.5. The minimum absolute atomic E-state index is 0.0801. The minimum Gasteiger partial charge on any atom is -0.366 e. The Morgan fingerprint density at radius 1 is 0.964 bits per heavy atom. The number of aryl methyl sites for hydroxylation is 1. The van der Waals surface area contributed by atoms with Crippen molar-refractivity contribution in [3.05, 3.63) is 77.5 Å². The molecule has 5 nitrogen and oxygen atoms in total. The fourth-order valence-electron chi connectivity index (χ4n) is 3.03. The highest BCUT2D eigenvalue weighted by atomic mass is 16.2. The number of aromatic nitrogens is 2. The van der Waals surface area contributed by atoms with E-state index in [0.717, 1.165) is 5.56 Å². The van der Waals surface area contributed by atoms with Gasteiger partial charge in [-0.15, -0.1) is 0 Å². The van der Waals surface area contributed by atoms with Crippen LogP contribution in [0.3, 0.4) is 0 Å². The molecule has 0 fully saturated rings. The molecule has 1 aromatic heterocycles. The summed E-state index contributed by atoms with van der Waals surface area (Å²) in [5, 5.41) is 3.36. The molecule has 0 bridgehead atoms. The summed E-state index contributed by atoms with van der Waals surface area (Å²) in [6.45, 7) is 7.95. The van der Waals surface area contributed by atoms with Gasteiger partial charge in [0.1, 0.15) is 11.5 Å². The summed E-state index contributed by atoms with van der Waals surface area (Å²) in [5.41, 5.74) is 3.70. The molecule has 5 heteroatoms. The standard InChI is InChI=1S/C23H26N4O/c1-4-27(5-2)23(28)20-15-21(24-16-19-14-10-9-11-17(19)3)26-22(25-20)18-12-7-6-8-13-18/h6-15H,4-5,16H2,1-3H3,(H,24,25,26). The second kappa shape index (κ2) is 9.13. The minimum atomic E-state index is -0.0801. The Bertz CT molecular complexity index is 936. The van der Waals surface area contributed by atoms with Crippen molar-refractivity contribution in [2.45, 2.75) is 27.3 Å². The zero-order chi connectivity index (χ0) is 19.9. The number of amides is 1. The molecule has 144 valence electrons. The SMILES string of the molecule is CCN(CC)C(=O)c1cc(NCc2ccccc2C)nc(-c2ccccc2)n1. The van der Waals surface area contributed by atoms with Crippen LogP contribution in [0.15, 0.2) is 60.7 Å². The number of anilines is 1. The van der Waals surface area contributed by atoms with Gasteiger partial charge in [0.25, 0.3) is 5.91 Å². The average molecular weight is 374 g/mol. The quantitative estimate of drug-likeness (QED) is 0.659. The van der Waals surface area contributed by atoms with Gasteiger partial charge in [0.15, 0.2) is 5.82 Å². The summed E-state index contributed by atoms with van der Waals surface area (Å²) in [7, 11) is 0. The van der Waals surface area contributed by atoms with Crippen molar-refractivity contribution in [1.82, 2.24) is 14.9 Å². The predicted octanol–water partition coefficient (Wildman–Crippen LogP) is 4.55. The summed E-state index contributed by atoms with van der Waals surface area (Å²) < 4.78 is 0. The maximum absolute atomic E-state index is 12.9. The highest BCUT2D eigenvalue weighted by molar-refractivity contribution is 5.93. The highest BCUT2D eigenvalue weighted by Gasteiger charge is 2.17. The lowest BCUT2D eigenvalue weighted by Gasteiger charge is -2.19. The Morgan fingerprint density at radius 3 is 2.32 bits per heavy atom. The van der Waals surface area contributed by atoms with Gasteiger partial charge in [-0.25, -0.2) is 9.97 Å². The van der Waals surface area contributed by atoms with Crippen LogP contribution in [0.5, 0.6) is 0 Å². The Kier molecular flexibility index (Phi) is 6.37. The van der Waals surface area contributed by atoms with E-state index in [1.54, 1.807) is 11.0 Å². The van der Waals surface area contributed by atoms with Crippen LogP contribution in [0.2, 0.25) is 0 Å². The van der Waals surface area contributed by atoms with Gasteiger partial charge < -0.3 is 10.2 Å². The van der Waals surface area contributed by atoms with Gasteiger partial charge in [0.2, 0.25) is 0 Å². The molecule has 0 aliphatic heterocycles.